The molecule has 9 aromatic carbocycles. The van der Waals surface area contributed by atoms with Crippen molar-refractivity contribution in [2.45, 2.75) is 0 Å². The van der Waals surface area contributed by atoms with E-state index in [-0.39, 0.29) is 0 Å². The van der Waals surface area contributed by atoms with Crippen LogP contribution in [0.2, 0.25) is 0 Å². The van der Waals surface area contributed by atoms with E-state index in [0.29, 0.717) is 0 Å². The number of anilines is 3. The Morgan fingerprint density at radius 1 is 0.364 bits per heavy atom. The molecular weight excluding hydrogens is 687 g/mol. The van der Waals surface area contributed by atoms with E-state index in [0.717, 1.165) is 50.1 Å². The van der Waals surface area contributed by atoms with Gasteiger partial charge in [-0.3, -0.25) is 0 Å². The first-order valence-corrected chi connectivity index (χ1v) is 19.5. The van der Waals surface area contributed by atoms with Gasteiger partial charge < -0.3 is 9.32 Å². The van der Waals surface area contributed by atoms with E-state index >= 15 is 0 Å². The molecule has 0 N–H and O–H groups in total. The highest BCUT2D eigenvalue weighted by Gasteiger charge is 2.20. The first-order valence-electron chi connectivity index (χ1n) is 18.7. The van der Waals surface area contributed by atoms with Crippen LogP contribution < -0.4 is 4.90 Å². The van der Waals surface area contributed by atoms with Gasteiger partial charge in [-0.25, -0.2) is 0 Å². The van der Waals surface area contributed by atoms with Crippen molar-refractivity contribution in [3.63, 3.8) is 0 Å². The number of hydrogen-bond acceptors (Lipinski definition) is 3. The molecule has 0 saturated heterocycles. The van der Waals surface area contributed by atoms with Crippen molar-refractivity contribution < 1.29 is 4.42 Å². The summed E-state index contributed by atoms with van der Waals surface area (Å²) in [7, 11) is 0. The van der Waals surface area contributed by atoms with Gasteiger partial charge in [-0.05, 0) is 105 Å². The first-order chi connectivity index (χ1) is 27.2. The fourth-order valence-corrected chi connectivity index (χ4v) is 9.37. The molecule has 0 aliphatic rings. The van der Waals surface area contributed by atoms with Crippen LogP contribution in [0.4, 0.5) is 17.1 Å². The lowest BCUT2D eigenvalue weighted by molar-refractivity contribution is 0.669. The molecule has 0 aliphatic heterocycles. The Balaban J connectivity index is 1.08. The summed E-state index contributed by atoms with van der Waals surface area (Å²) >= 11 is 1.86. The Morgan fingerprint density at radius 2 is 1.04 bits per heavy atom. The summed E-state index contributed by atoms with van der Waals surface area (Å²) in [6.07, 6.45) is 0. The molecule has 55 heavy (non-hydrogen) atoms. The zero-order valence-corrected chi connectivity index (χ0v) is 30.6. The van der Waals surface area contributed by atoms with E-state index in [9.17, 15) is 0 Å². The third kappa shape index (κ3) is 5.40. The minimum Gasteiger partial charge on any atom is -0.456 e. The molecule has 0 aliphatic carbocycles. The molecule has 0 spiro atoms. The lowest BCUT2D eigenvalue weighted by atomic mass is 9.97. The highest BCUT2D eigenvalue weighted by molar-refractivity contribution is 7.25. The Kier molecular flexibility index (Phi) is 7.39. The largest absolute Gasteiger partial charge is 0.456 e. The second kappa shape index (κ2) is 12.9. The molecule has 2 nitrogen and oxygen atoms in total. The molecular formula is C52H33NOS. The highest BCUT2D eigenvalue weighted by atomic mass is 32.1. The molecule has 0 saturated carbocycles. The minimum absolute atomic E-state index is 0.887. The van der Waals surface area contributed by atoms with Gasteiger partial charge in [0.1, 0.15) is 11.2 Å². The van der Waals surface area contributed by atoms with Crippen molar-refractivity contribution in [3.8, 4) is 33.4 Å². The van der Waals surface area contributed by atoms with Gasteiger partial charge in [0.05, 0.1) is 5.69 Å². The standard InChI is InChI=1S/C52H33NOS/c1-2-12-36-31-37(24-23-34(36)11-1)35-25-28-40(29-26-35)53(41-14-9-13-38(32-41)43-18-10-22-51-52(43)46-17-5-8-21-50(46)55-51)47-19-6-3-15-42(47)39-27-30-45-44-16-4-7-20-48(44)54-49(45)33-39/h1-33H. The highest BCUT2D eigenvalue weighted by Crippen LogP contribution is 2.45. The summed E-state index contributed by atoms with van der Waals surface area (Å²) in [4.78, 5) is 2.40. The van der Waals surface area contributed by atoms with Crippen LogP contribution in [0, 0.1) is 0 Å². The fraction of sp³-hybridized carbons (Fsp3) is 0. The Labute approximate surface area is 322 Å². The fourth-order valence-electron chi connectivity index (χ4n) is 8.23. The van der Waals surface area contributed by atoms with Crippen LogP contribution in [0.1, 0.15) is 0 Å². The zero-order valence-electron chi connectivity index (χ0n) is 29.8. The zero-order chi connectivity index (χ0) is 36.3. The Morgan fingerprint density at radius 3 is 1.96 bits per heavy atom. The normalized spacial score (nSPS) is 11.6. The number of rotatable bonds is 6. The summed E-state index contributed by atoms with van der Waals surface area (Å²) in [5.74, 6) is 0. The molecule has 2 aromatic heterocycles. The van der Waals surface area contributed by atoms with Crippen molar-refractivity contribution >= 4 is 81.3 Å². The van der Waals surface area contributed by atoms with E-state index < -0.39 is 0 Å². The maximum atomic E-state index is 6.38. The van der Waals surface area contributed by atoms with Gasteiger partial charge in [0.25, 0.3) is 0 Å². The van der Waals surface area contributed by atoms with Crippen molar-refractivity contribution in [3.05, 3.63) is 200 Å². The monoisotopic (exact) mass is 719 g/mol. The summed E-state index contributed by atoms with van der Waals surface area (Å²) in [5.41, 5.74) is 12.1. The Hall–Kier alpha value is -6.94. The SMILES string of the molecule is c1cc(-c2cccc3sc4ccccc4c23)cc(N(c2ccc(-c3ccc4ccccc4c3)cc2)c2ccccc2-c2ccc3c(c2)oc2ccccc23)c1. The van der Waals surface area contributed by atoms with Crippen LogP contribution in [-0.4, -0.2) is 0 Å². The molecule has 2 heterocycles. The minimum atomic E-state index is 0.887. The van der Waals surface area contributed by atoms with Crippen LogP contribution in [0.15, 0.2) is 205 Å². The summed E-state index contributed by atoms with van der Waals surface area (Å²) < 4.78 is 8.99. The molecule has 0 fully saturated rings. The third-order valence-corrected chi connectivity index (χ3v) is 12.0. The summed E-state index contributed by atoms with van der Waals surface area (Å²) in [6, 6.07) is 72.3. The topological polar surface area (TPSA) is 16.4 Å². The number of hydrogen-bond donors (Lipinski definition) is 0. The average Bonchev–Trinajstić information content (AvgIpc) is 3.82. The number of nitrogens with zero attached hydrogens (tertiary/aromatic N) is 1. The lowest BCUT2D eigenvalue weighted by Crippen LogP contribution is -2.11. The Bertz CT molecular complexity index is 3220. The van der Waals surface area contributed by atoms with E-state index in [1.54, 1.807) is 0 Å². The van der Waals surface area contributed by atoms with Crippen molar-refractivity contribution in [1.82, 2.24) is 0 Å². The van der Waals surface area contributed by atoms with Gasteiger partial charge in [0.2, 0.25) is 0 Å². The lowest BCUT2D eigenvalue weighted by Gasteiger charge is -2.28. The van der Waals surface area contributed by atoms with Gasteiger partial charge in [-0.1, -0.05) is 133 Å². The van der Waals surface area contributed by atoms with E-state index in [1.807, 2.05) is 23.5 Å². The molecule has 258 valence electrons. The molecule has 0 amide bonds. The van der Waals surface area contributed by atoms with Gasteiger partial charge in [-0.2, -0.15) is 0 Å². The summed E-state index contributed by atoms with van der Waals surface area (Å²) in [5, 5.41) is 7.36. The maximum Gasteiger partial charge on any atom is 0.136 e. The molecule has 0 bridgehead atoms. The van der Waals surface area contributed by atoms with E-state index in [1.165, 1.54) is 53.2 Å². The second-order valence-corrected chi connectivity index (χ2v) is 15.2. The van der Waals surface area contributed by atoms with Crippen LogP contribution in [-0.2, 0) is 0 Å². The van der Waals surface area contributed by atoms with E-state index in [2.05, 4.69) is 193 Å². The molecule has 11 aromatic rings. The van der Waals surface area contributed by atoms with Gasteiger partial charge in [0.15, 0.2) is 0 Å². The quantitative estimate of drug-likeness (QED) is 0.170. The molecule has 3 heteroatoms. The van der Waals surface area contributed by atoms with E-state index in [4.69, 9.17) is 4.42 Å². The smallest absolute Gasteiger partial charge is 0.136 e. The molecule has 0 atom stereocenters. The van der Waals surface area contributed by atoms with Crippen molar-refractivity contribution in [2.24, 2.45) is 0 Å². The first kappa shape index (κ1) is 31.6. The van der Waals surface area contributed by atoms with Crippen LogP contribution >= 0.6 is 11.3 Å². The number of para-hydroxylation sites is 2. The molecule has 11 rings (SSSR count). The number of furan rings is 1. The summed E-state index contributed by atoms with van der Waals surface area (Å²) in [6.45, 7) is 0. The van der Waals surface area contributed by atoms with Gasteiger partial charge in [0, 0.05) is 47.9 Å². The third-order valence-electron chi connectivity index (χ3n) is 10.9. The maximum absolute atomic E-state index is 6.38. The average molecular weight is 720 g/mol. The predicted octanol–water partition coefficient (Wildman–Crippen LogP) is 15.6. The molecule has 0 radical (unpaired) electrons. The van der Waals surface area contributed by atoms with Gasteiger partial charge >= 0.3 is 0 Å². The molecule has 0 unspecified atom stereocenters. The predicted molar refractivity (Wildman–Crippen MR) is 235 cm³/mol. The van der Waals surface area contributed by atoms with Gasteiger partial charge in [-0.15, -0.1) is 11.3 Å². The van der Waals surface area contributed by atoms with Crippen LogP contribution in [0.5, 0.6) is 0 Å². The number of fused-ring (bicyclic) bond motifs is 7. The van der Waals surface area contributed by atoms with Crippen LogP contribution in [0.3, 0.4) is 0 Å². The number of benzene rings is 9. The number of thiophene rings is 1. The van der Waals surface area contributed by atoms with Crippen LogP contribution in [0.25, 0.3) is 86.3 Å². The van der Waals surface area contributed by atoms with Crippen molar-refractivity contribution in [1.29, 1.82) is 0 Å². The second-order valence-electron chi connectivity index (χ2n) is 14.1. The van der Waals surface area contributed by atoms with Crippen molar-refractivity contribution in [2.75, 3.05) is 4.90 Å².